The summed E-state index contributed by atoms with van der Waals surface area (Å²) in [6, 6.07) is 0. The predicted octanol–water partition coefficient (Wildman–Crippen LogP) is 3.45. The Morgan fingerprint density at radius 1 is 1.00 bits per heavy atom. The molecule has 0 saturated carbocycles. The fourth-order valence-electron chi connectivity index (χ4n) is 4.46. The summed E-state index contributed by atoms with van der Waals surface area (Å²) in [6.07, 6.45) is 5.10. The van der Waals surface area contributed by atoms with Gasteiger partial charge in [0.15, 0.2) is 6.10 Å². The second-order valence-electron chi connectivity index (χ2n) is 11.9. The van der Waals surface area contributed by atoms with E-state index in [4.69, 9.17) is 23.7 Å². The fourth-order valence-corrected chi connectivity index (χ4v) is 4.99. The summed E-state index contributed by atoms with van der Waals surface area (Å²) >= 11 is 1.11. The summed E-state index contributed by atoms with van der Waals surface area (Å²) in [5.74, 6) is -0.806. The molecule has 0 N–H and O–H groups in total. The molecular weight excluding hydrogens is 626 g/mol. The van der Waals surface area contributed by atoms with Crippen LogP contribution in [0.15, 0.2) is 6.08 Å². The molecule has 46 heavy (non-hydrogen) atoms. The van der Waals surface area contributed by atoms with Crippen molar-refractivity contribution < 1.29 is 61.6 Å². The smallest absolute Gasteiger partial charge is 0.475 e. The molecule has 16 heteroatoms. The molecular formula is C30H46N3O12S+. The third kappa shape index (κ3) is 15.0. The van der Waals surface area contributed by atoms with Crippen LogP contribution in [0.3, 0.4) is 0 Å². The number of nitrogens with zero attached hydrogens (tertiary/aromatic N) is 3. The molecule has 1 aromatic heterocycles. The number of unbranched alkanes of at least 4 members (excludes halogenated alkanes) is 3. The number of carbonyl (C=O) groups excluding carboxylic acids is 5. The number of likely N-dealkylation sites (N-methyl/N-ethyl adjacent to an activating group) is 1. The molecule has 2 heterocycles. The average molecular weight is 673 g/mol. The van der Waals surface area contributed by atoms with Crippen LogP contribution in [0.4, 0.5) is 4.79 Å². The van der Waals surface area contributed by atoms with Crippen LogP contribution in [0.25, 0.3) is 5.57 Å². The van der Waals surface area contributed by atoms with Gasteiger partial charge in [0, 0.05) is 17.4 Å². The topological polar surface area (TPSA) is 176 Å². The van der Waals surface area contributed by atoms with E-state index in [0.717, 1.165) is 55.2 Å². The van der Waals surface area contributed by atoms with Gasteiger partial charge >= 0.3 is 18.1 Å². The van der Waals surface area contributed by atoms with Gasteiger partial charge in [-0.1, -0.05) is 46.1 Å². The number of esters is 2. The van der Waals surface area contributed by atoms with E-state index in [1.807, 2.05) is 7.05 Å². The zero-order valence-electron chi connectivity index (χ0n) is 27.1. The lowest BCUT2D eigenvalue weighted by molar-refractivity contribution is -0.919. The highest BCUT2D eigenvalue weighted by molar-refractivity contribution is 6.99. The van der Waals surface area contributed by atoms with Gasteiger partial charge < -0.3 is 33.2 Å². The second kappa shape index (κ2) is 20.4. The van der Waals surface area contributed by atoms with Gasteiger partial charge in [-0.05, 0) is 6.42 Å². The average Bonchev–Trinajstić information content (AvgIpc) is 3.49. The zero-order chi connectivity index (χ0) is 33.8. The third-order valence-electron chi connectivity index (χ3n) is 6.88. The van der Waals surface area contributed by atoms with Crippen molar-refractivity contribution >= 4 is 48.3 Å². The molecule has 258 valence electrons. The summed E-state index contributed by atoms with van der Waals surface area (Å²) in [5.41, 5.74) is 0.953. The molecule has 0 fully saturated rings. The lowest BCUT2D eigenvalue weighted by atomic mass is 9.91. The van der Waals surface area contributed by atoms with E-state index < -0.39 is 29.6 Å². The lowest BCUT2D eigenvalue weighted by Gasteiger charge is -2.36. The largest absolute Gasteiger partial charge is 0.512 e. The quantitative estimate of drug-likeness (QED) is 0.0543. The Morgan fingerprint density at radius 3 is 2.43 bits per heavy atom. The molecule has 0 aliphatic carbocycles. The number of aromatic nitrogens is 2. The van der Waals surface area contributed by atoms with Crippen molar-refractivity contribution in [3.8, 4) is 5.88 Å². The third-order valence-corrected chi connectivity index (χ3v) is 7.39. The lowest BCUT2D eigenvalue weighted by Crippen LogP contribution is -2.49. The first kappa shape index (κ1) is 38.4. The fraction of sp³-hybridized carbons (Fsp3) is 0.700. The molecule has 1 aliphatic rings. The van der Waals surface area contributed by atoms with E-state index in [0.29, 0.717) is 23.5 Å². The van der Waals surface area contributed by atoms with Gasteiger partial charge in [0.25, 0.3) is 18.8 Å². The van der Waals surface area contributed by atoms with Gasteiger partial charge in [-0.25, -0.2) is 4.79 Å². The molecule has 1 aliphatic heterocycles. The molecule has 0 spiro atoms. The van der Waals surface area contributed by atoms with Crippen LogP contribution in [0.2, 0.25) is 0 Å². The van der Waals surface area contributed by atoms with Gasteiger partial charge in [-0.15, -0.1) is 4.37 Å². The van der Waals surface area contributed by atoms with Crippen molar-refractivity contribution in [2.75, 3.05) is 59.9 Å². The normalized spacial score (nSPS) is 16.2. The van der Waals surface area contributed by atoms with E-state index in [1.54, 1.807) is 13.8 Å². The van der Waals surface area contributed by atoms with Crippen molar-refractivity contribution in [2.45, 2.75) is 71.8 Å². The minimum atomic E-state index is -0.986. The van der Waals surface area contributed by atoms with E-state index in [-0.39, 0.29) is 58.9 Å². The molecule has 1 unspecified atom stereocenters. The maximum absolute atomic E-state index is 12.5. The Morgan fingerprint density at radius 2 is 1.74 bits per heavy atom. The van der Waals surface area contributed by atoms with Crippen molar-refractivity contribution in [3.63, 3.8) is 0 Å². The molecule has 0 bridgehead atoms. The van der Waals surface area contributed by atoms with Crippen LogP contribution in [-0.2, 0) is 47.6 Å². The highest BCUT2D eigenvalue weighted by Gasteiger charge is 2.32. The first-order valence-electron chi connectivity index (χ1n) is 15.2. The van der Waals surface area contributed by atoms with Gasteiger partial charge in [0.05, 0.1) is 44.8 Å². The highest BCUT2D eigenvalue weighted by atomic mass is 32.1. The summed E-state index contributed by atoms with van der Waals surface area (Å²) in [6.45, 7) is 7.01. The molecule has 0 amide bonds. The van der Waals surface area contributed by atoms with Crippen molar-refractivity contribution in [2.24, 2.45) is 5.41 Å². The van der Waals surface area contributed by atoms with Crippen LogP contribution < -0.4 is 4.74 Å². The summed E-state index contributed by atoms with van der Waals surface area (Å²) in [4.78, 5) is 57.5. The minimum Gasteiger partial charge on any atom is -0.475 e. The summed E-state index contributed by atoms with van der Waals surface area (Å²) in [5, 5.41) is 0. The summed E-state index contributed by atoms with van der Waals surface area (Å²) < 4.78 is 45.1. The number of quaternary nitrogens is 1. The molecule has 2 rings (SSSR count). The van der Waals surface area contributed by atoms with Crippen molar-refractivity contribution in [1.29, 1.82) is 0 Å². The Kier molecular flexibility index (Phi) is 17.0. The van der Waals surface area contributed by atoms with Gasteiger partial charge in [-0.3, -0.25) is 23.7 Å². The number of rotatable bonds is 23. The van der Waals surface area contributed by atoms with E-state index in [9.17, 15) is 24.0 Å². The molecule has 1 aromatic rings. The van der Waals surface area contributed by atoms with Crippen molar-refractivity contribution in [1.82, 2.24) is 8.75 Å². The maximum atomic E-state index is 12.5. The Bertz CT molecular complexity index is 1150. The van der Waals surface area contributed by atoms with E-state index in [2.05, 4.69) is 31.2 Å². The Balaban J connectivity index is 1.72. The Hall–Kier alpha value is -3.79. The van der Waals surface area contributed by atoms with Gasteiger partial charge in [-0.2, -0.15) is 4.37 Å². The number of carbonyl (C=O) groups is 5. The molecule has 15 nitrogen and oxygen atoms in total. The minimum absolute atomic E-state index is 0.0862. The van der Waals surface area contributed by atoms with Crippen LogP contribution in [0, 0.1) is 5.41 Å². The molecule has 0 radical (unpaired) electrons. The van der Waals surface area contributed by atoms with Crippen LogP contribution >= 0.6 is 11.7 Å². The molecule has 0 saturated heterocycles. The SMILES string of the molecule is CCCCCCOc1nsnc1C1=CCC[N+](C)(COC(=O)OCC(C)(C)CC(=O)OCCC(=O)OC(COC=O)COC=O)C1. The zero-order valence-corrected chi connectivity index (χ0v) is 27.9. The number of hydrogen-bond donors (Lipinski definition) is 0. The molecule has 1 atom stereocenters. The predicted molar refractivity (Wildman–Crippen MR) is 163 cm³/mol. The standard InChI is InChI=1S/C30H46N3O12S/c1-5-6-7-8-13-42-28-27(31-46-32-28)23-10-9-12-33(4,16-23)20-44-29(38)43-19-30(2,3)15-26(37)41-14-11-25(36)45-24(17-39-21-34)18-40-22-35/h10,21-22,24H,5-9,11-20H2,1-4H3/q+1. The number of ether oxygens (including phenoxy) is 7. The maximum Gasteiger partial charge on any atom is 0.512 e. The van der Waals surface area contributed by atoms with Crippen molar-refractivity contribution in [3.05, 3.63) is 11.8 Å². The first-order valence-corrected chi connectivity index (χ1v) is 16.0. The van der Waals surface area contributed by atoms with E-state index in [1.165, 1.54) is 6.42 Å². The first-order chi connectivity index (χ1) is 22.0. The van der Waals surface area contributed by atoms with Gasteiger partial charge in [0.2, 0.25) is 6.73 Å². The van der Waals surface area contributed by atoms with Crippen LogP contribution in [0.5, 0.6) is 5.88 Å². The van der Waals surface area contributed by atoms with E-state index >= 15 is 0 Å². The number of hydrogen-bond acceptors (Lipinski definition) is 15. The van der Waals surface area contributed by atoms with Crippen LogP contribution in [-0.4, -0.2) is 110 Å². The van der Waals surface area contributed by atoms with Crippen LogP contribution in [0.1, 0.15) is 71.4 Å². The second-order valence-corrected chi connectivity index (χ2v) is 12.5. The van der Waals surface area contributed by atoms with Gasteiger partial charge in [0.1, 0.15) is 38.7 Å². The molecule has 0 aromatic carbocycles. The highest BCUT2D eigenvalue weighted by Crippen LogP contribution is 2.30. The monoisotopic (exact) mass is 672 g/mol. The Labute approximate surface area is 273 Å². The summed E-state index contributed by atoms with van der Waals surface area (Å²) in [7, 11) is 1.99.